The van der Waals surface area contributed by atoms with Crippen LogP contribution >= 0.6 is 0 Å². The van der Waals surface area contributed by atoms with E-state index in [9.17, 15) is 18.8 Å². The van der Waals surface area contributed by atoms with E-state index in [1.165, 1.54) is 26.4 Å². The van der Waals surface area contributed by atoms with Crippen LogP contribution in [0.25, 0.3) is 0 Å². The quantitative estimate of drug-likeness (QED) is 0.669. The highest BCUT2D eigenvalue weighted by atomic mass is 19.1. The van der Waals surface area contributed by atoms with E-state index >= 15 is 0 Å². The predicted octanol–water partition coefficient (Wildman–Crippen LogP) is 2.45. The summed E-state index contributed by atoms with van der Waals surface area (Å²) in [5.74, 6) is -1.34. The van der Waals surface area contributed by atoms with E-state index in [4.69, 9.17) is 9.47 Å². The summed E-state index contributed by atoms with van der Waals surface area (Å²) in [6, 6.07) is 10.7. The molecule has 0 aliphatic carbocycles. The fraction of sp³-hybridized carbons (Fsp3) is 0.348. The predicted molar refractivity (Wildman–Crippen MR) is 116 cm³/mol. The molecule has 2 N–H and O–H groups in total. The van der Waals surface area contributed by atoms with Crippen molar-refractivity contribution < 1.29 is 28.2 Å². The Labute approximate surface area is 185 Å². The number of halogens is 1. The summed E-state index contributed by atoms with van der Waals surface area (Å²) < 4.78 is 24.2. The Morgan fingerprint density at radius 1 is 1.00 bits per heavy atom. The molecule has 2 aromatic carbocycles. The van der Waals surface area contributed by atoms with Crippen molar-refractivity contribution in [1.29, 1.82) is 0 Å². The normalized spacial score (nSPS) is 13.9. The standard InChI is InChI=1S/C23H26FN3O5/c1-31-19-8-7-16(13-20(19)32-2)26-22(29)21(28)25-14-15-9-11-27(12-10-15)23(30)17-5-3-4-6-18(17)24/h3-8,13,15H,9-12,14H2,1-2H3,(H,25,28)(H,26,29). The second kappa shape index (κ2) is 10.6. The first-order chi connectivity index (χ1) is 15.4. The molecule has 2 aromatic rings. The van der Waals surface area contributed by atoms with Crippen LogP contribution in [0.1, 0.15) is 23.2 Å². The molecule has 1 saturated heterocycles. The summed E-state index contributed by atoms with van der Waals surface area (Å²) in [6.45, 7) is 1.25. The second-order valence-electron chi connectivity index (χ2n) is 7.45. The van der Waals surface area contributed by atoms with Gasteiger partial charge in [-0.1, -0.05) is 12.1 Å². The molecule has 3 rings (SSSR count). The third-order valence-corrected chi connectivity index (χ3v) is 5.40. The summed E-state index contributed by atoms with van der Waals surface area (Å²) in [6.07, 6.45) is 1.30. The third kappa shape index (κ3) is 5.54. The molecule has 1 aliphatic rings. The molecule has 0 saturated carbocycles. The highest BCUT2D eigenvalue weighted by Crippen LogP contribution is 2.29. The van der Waals surface area contributed by atoms with E-state index in [2.05, 4.69) is 10.6 Å². The molecule has 0 radical (unpaired) electrons. The fourth-order valence-corrected chi connectivity index (χ4v) is 3.56. The maximum Gasteiger partial charge on any atom is 0.313 e. The summed E-state index contributed by atoms with van der Waals surface area (Å²) >= 11 is 0. The summed E-state index contributed by atoms with van der Waals surface area (Å²) in [5, 5.41) is 5.16. The molecular weight excluding hydrogens is 417 g/mol. The van der Waals surface area contributed by atoms with Crippen LogP contribution in [0.2, 0.25) is 0 Å². The van der Waals surface area contributed by atoms with Crippen molar-refractivity contribution in [3.63, 3.8) is 0 Å². The van der Waals surface area contributed by atoms with Crippen LogP contribution in [0.4, 0.5) is 10.1 Å². The van der Waals surface area contributed by atoms with Crippen molar-refractivity contribution in [2.24, 2.45) is 5.92 Å². The van der Waals surface area contributed by atoms with E-state index in [1.807, 2.05) is 0 Å². The maximum atomic E-state index is 13.8. The van der Waals surface area contributed by atoms with E-state index in [0.29, 0.717) is 49.7 Å². The number of anilines is 1. The summed E-state index contributed by atoms with van der Waals surface area (Å²) in [4.78, 5) is 38.5. The Hall–Kier alpha value is -3.62. The smallest absolute Gasteiger partial charge is 0.313 e. The number of hydrogen-bond acceptors (Lipinski definition) is 5. The Morgan fingerprint density at radius 3 is 2.34 bits per heavy atom. The largest absolute Gasteiger partial charge is 0.493 e. The molecule has 0 bridgehead atoms. The number of hydrogen-bond donors (Lipinski definition) is 2. The Bertz CT molecular complexity index is 989. The molecule has 9 heteroatoms. The van der Waals surface area contributed by atoms with Gasteiger partial charge in [-0.15, -0.1) is 0 Å². The molecule has 8 nitrogen and oxygen atoms in total. The van der Waals surface area contributed by atoms with Crippen LogP contribution in [0, 0.1) is 11.7 Å². The molecule has 0 aromatic heterocycles. The average molecular weight is 443 g/mol. The molecule has 1 fully saturated rings. The van der Waals surface area contributed by atoms with Crippen molar-refractivity contribution in [1.82, 2.24) is 10.2 Å². The number of piperidine rings is 1. The highest BCUT2D eigenvalue weighted by molar-refractivity contribution is 6.39. The van der Waals surface area contributed by atoms with Gasteiger partial charge in [0, 0.05) is 31.4 Å². The number of nitrogens with one attached hydrogen (secondary N) is 2. The van der Waals surface area contributed by atoms with Gasteiger partial charge in [-0.2, -0.15) is 0 Å². The topological polar surface area (TPSA) is 97.0 Å². The number of amides is 3. The highest BCUT2D eigenvalue weighted by Gasteiger charge is 2.26. The van der Waals surface area contributed by atoms with Crippen LogP contribution in [0.5, 0.6) is 11.5 Å². The zero-order chi connectivity index (χ0) is 23.1. The van der Waals surface area contributed by atoms with Crippen molar-refractivity contribution in [2.45, 2.75) is 12.8 Å². The van der Waals surface area contributed by atoms with Crippen molar-refractivity contribution >= 4 is 23.4 Å². The van der Waals surface area contributed by atoms with Crippen LogP contribution in [-0.2, 0) is 9.59 Å². The van der Waals surface area contributed by atoms with Gasteiger partial charge in [-0.3, -0.25) is 14.4 Å². The SMILES string of the molecule is COc1ccc(NC(=O)C(=O)NCC2CCN(C(=O)c3ccccc3F)CC2)cc1OC. The molecule has 0 unspecified atom stereocenters. The van der Waals surface area contributed by atoms with Crippen LogP contribution in [0.3, 0.4) is 0 Å². The van der Waals surface area contributed by atoms with Crippen molar-refractivity contribution in [2.75, 3.05) is 39.2 Å². The first kappa shape index (κ1) is 23.1. The van der Waals surface area contributed by atoms with Gasteiger partial charge in [0.15, 0.2) is 11.5 Å². The van der Waals surface area contributed by atoms with Gasteiger partial charge < -0.3 is 25.0 Å². The van der Waals surface area contributed by atoms with E-state index in [0.717, 1.165) is 0 Å². The molecular formula is C23H26FN3O5. The zero-order valence-corrected chi connectivity index (χ0v) is 18.0. The van der Waals surface area contributed by atoms with Crippen LogP contribution < -0.4 is 20.1 Å². The number of nitrogens with zero attached hydrogens (tertiary/aromatic N) is 1. The molecule has 0 atom stereocenters. The molecule has 1 heterocycles. The number of benzene rings is 2. The minimum atomic E-state index is -0.788. The zero-order valence-electron chi connectivity index (χ0n) is 18.0. The number of likely N-dealkylation sites (tertiary alicyclic amines) is 1. The Balaban J connectivity index is 1.45. The lowest BCUT2D eigenvalue weighted by Gasteiger charge is -2.32. The van der Waals surface area contributed by atoms with Gasteiger partial charge in [0.2, 0.25) is 0 Å². The van der Waals surface area contributed by atoms with Gasteiger partial charge in [0.25, 0.3) is 5.91 Å². The second-order valence-corrected chi connectivity index (χ2v) is 7.45. The van der Waals surface area contributed by atoms with Gasteiger partial charge in [0.05, 0.1) is 19.8 Å². The monoisotopic (exact) mass is 443 g/mol. The van der Waals surface area contributed by atoms with Gasteiger partial charge in [-0.05, 0) is 43.0 Å². The third-order valence-electron chi connectivity index (χ3n) is 5.40. The van der Waals surface area contributed by atoms with Crippen LogP contribution in [-0.4, -0.2) is 56.5 Å². The first-order valence-corrected chi connectivity index (χ1v) is 10.3. The fourth-order valence-electron chi connectivity index (χ4n) is 3.56. The number of carbonyl (C=O) groups excluding carboxylic acids is 3. The Kier molecular flexibility index (Phi) is 7.64. The lowest BCUT2D eigenvalue weighted by molar-refractivity contribution is -0.136. The average Bonchev–Trinajstić information content (AvgIpc) is 2.82. The lowest BCUT2D eigenvalue weighted by atomic mass is 9.96. The number of methoxy groups -OCH3 is 2. The summed E-state index contributed by atoms with van der Waals surface area (Å²) in [7, 11) is 2.98. The van der Waals surface area contributed by atoms with E-state index in [1.54, 1.807) is 35.2 Å². The van der Waals surface area contributed by atoms with Gasteiger partial charge in [0.1, 0.15) is 5.82 Å². The van der Waals surface area contributed by atoms with E-state index < -0.39 is 17.6 Å². The van der Waals surface area contributed by atoms with Gasteiger partial charge in [-0.25, -0.2) is 4.39 Å². The minimum absolute atomic E-state index is 0.0612. The number of ether oxygens (including phenoxy) is 2. The molecule has 32 heavy (non-hydrogen) atoms. The molecule has 1 aliphatic heterocycles. The van der Waals surface area contributed by atoms with E-state index in [-0.39, 0.29) is 17.4 Å². The Morgan fingerprint density at radius 2 is 1.69 bits per heavy atom. The molecule has 3 amide bonds. The molecule has 0 spiro atoms. The van der Waals surface area contributed by atoms with Crippen LogP contribution in [0.15, 0.2) is 42.5 Å². The molecule has 170 valence electrons. The summed E-state index contributed by atoms with van der Waals surface area (Å²) in [5.41, 5.74) is 0.467. The lowest BCUT2D eigenvalue weighted by Crippen LogP contribution is -2.43. The first-order valence-electron chi connectivity index (χ1n) is 10.3. The van der Waals surface area contributed by atoms with Crippen molar-refractivity contribution in [3.05, 3.63) is 53.8 Å². The number of carbonyl (C=O) groups is 3. The van der Waals surface area contributed by atoms with Gasteiger partial charge >= 0.3 is 11.8 Å². The van der Waals surface area contributed by atoms with Crippen molar-refractivity contribution in [3.8, 4) is 11.5 Å². The number of rotatable bonds is 6. The minimum Gasteiger partial charge on any atom is -0.493 e. The maximum absolute atomic E-state index is 13.8.